The van der Waals surface area contributed by atoms with Gasteiger partial charge in [0.05, 0.1) is 0 Å². The van der Waals surface area contributed by atoms with E-state index in [1.165, 1.54) is 0 Å². The molecule has 0 atom stereocenters. The molecule has 36 valence electrons. The van der Waals surface area contributed by atoms with E-state index in [9.17, 15) is 0 Å². The number of rotatable bonds is 0. The van der Waals surface area contributed by atoms with Crippen LogP contribution in [0.4, 0.5) is 4.79 Å². The number of hydrogen-bond acceptors (Lipinski definition) is 3. The predicted molar refractivity (Wildman–Crippen MR) is 16.7 cm³/mol. The molecule has 0 rings (SSSR count). The molecular formula is C3H4Li3O3+. The summed E-state index contributed by atoms with van der Waals surface area (Å²) in [4.78, 5) is 8.33. The fourth-order valence-electron chi connectivity index (χ4n) is 0. The van der Waals surface area contributed by atoms with Crippen molar-refractivity contribution in [3.63, 3.8) is 0 Å². The molecule has 0 fully saturated rings. The van der Waals surface area contributed by atoms with Crippen molar-refractivity contribution >= 4 is 6.16 Å². The van der Waals surface area contributed by atoms with Crippen LogP contribution >= 0.6 is 0 Å². The molecular weight excluding hydrogens is 105 g/mol. The van der Waals surface area contributed by atoms with Crippen molar-refractivity contribution in [3.05, 3.63) is 13.2 Å². The largest absolute Gasteiger partial charge is 1.00 e. The topological polar surface area (TPSA) is 63.2 Å². The monoisotopic (exact) mass is 109 g/mol. The van der Waals surface area contributed by atoms with Crippen LogP contribution < -0.4 is 66.8 Å². The second kappa shape index (κ2) is 37.1. The minimum atomic E-state index is -2.33. The summed E-state index contributed by atoms with van der Waals surface area (Å²) in [5, 5.41) is 16.7. The van der Waals surface area contributed by atoms with Gasteiger partial charge >= 0.3 is 56.6 Å². The van der Waals surface area contributed by atoms with Crippen LogP contribution in [0.2, 0.25) is 0 Å². The molecule has 0 bridgehead atoms. The van der Waals surface area contributed by atoms with E-state index >= 15 is 0 Å². The van der Waals surface area contributed by atoms with E-state index in [0.29, 0.717) is 0 Å². The zero-order valence-corrected chi connectivity index (χ0v) is 6.14. The first-order valence-electron chi connectivity index (χ1n) is 1.11. The molecule has 0 spiro atoms. The molecule has 0 aliphatic rings. The third-order valence-corrected chi connectivity index (χ3v) is 0. The molecule has 0 aliphatic heterocycles. The van der Waals surface area contributed by atoms with Crippen LogP contribution in [0.3, 0.4) is 0 Å². The molecule has 0 aliphatic carbocycles. The molecule has 0 saturated carbocycles. The van der Waals surface area contributed by atoms with E-state index in [-0.39, 0.29) is 56.6 Å². The summed E-state index contributed by atoms with van der Waals surface area (Å²) in [5.74, 6) is 0. The predicted octanol–water partition coefficient (Wildman–Crippen LogP) is -10.6. The Morgan fingerprint density at radius 1 is 1.00 bits per heavy atom. The molecule has 0 N–H and O–H groups in total. The van der Waals surface area contributed by atoms with Crippen LogP contribution in [0.25, 0.3) is 0 Å². The number of hydrogen-bond donors (Lipinski definition) is 0. The normalized spacial score (nSPS) is 3.11. The van der Waals surface area contributed by atoms with Crippen LogP contribution in [-0.4, -0.2) is 6.16 Å². The SMILES string of the molecule is C=C.O=C([O-])[O-].[Li+].[Li+].[Li+]. The van der Waals surface area contributed by atoms with Gasteiger partial charge < -0.3 is 15.0 Å². The van der Waals surface area contributed by atoms with Crippen LogP contribution in [0.1, 0.15) is 0 Å². The summed E-state index contributed by atoms with van der Waals surface area (Å²) >= 11 is 0. The first-order chi connectivity index (χ1) is 2.73. The van der Waals surface area contributed by atoms with E-state index in [0.717, 1.165) is 0 Å². The number of carboxylic acid groups (broad SMARTS) is 2. The van der Waals surface area contributed by atoms with E-state index in [4.69, 9.17) is 15.0 Å². The fourth-order valence-corrected chi connectivity index (χ4v) is 0. The van der Waals surface area contributed by atoms with Crippen LogP contribution in [0.15, 0.2) is 13.2 Å². The molecule has 0 aromatic carbocycles. The Bertz CT molecular complexity index is 45.6. The van der Waals surface area contributed by atoms with Crippen molar-refractivity contribution in [1.29, 1.82) is 0 Å². The molecule has 0 radical (unpaired) electrons. The quantitative estimate of drug-likeness (QED) is 0.229. The first-order valence-corrected chi connectivity index (χ1v) is 1.11. The minimum absolute atomic E-state index is 0. The minimum Gasteiger partial charge on any atom is -0.652 e. The maximum absolute atomic E-state index is 8.33. The van der Waals surface area contributed by atoms with Gasteiger partial charge in [0, 0.05) is 0 Å². The summed E-state index contributed by atoms with van der Waals surface area (Å²) in [6.07, 6.45) is -2.33. The summed E-state index contributed by atoms with van der Waals surface area (Å²) in [7, 11) is 0. The fraction of sp³-hybridized carbons (Fsp3) is 0. The van der Waals surface area contributed by atoms with Crippen molar-refractivity contribution in [3.8, 4) is 0 Å². The van der Waals surface area contributed by atoms with Gasteiger partial charge in [-0.3, -0.25) is 0 Å². The van der Waals surface area contributed by atoms with Gasteiger partial charge in [0.2, 0.25) is 0 Å². The smallest absolute Gasteiger partial charge is 0.652 e. The summed E-state index contributed by atoms with van der Waals surface area (Å²) in [6.45, 7) is 6.00. The maximum atomic E-state index is 8.33. The second-order valence-electron chi connectivity index (χ2n) is 0.250. The molecule has 0 aromatic rings. The third kappa shape index (κ3) is 633. The van der Waals surface area contributed by atoms with Crippen LogP contribution in [0.5, 0.6) is 0 Å². The molecule has 9 heavy (non-hydrogen) atoms. The summed E-state index contributed by atoms with van der Waals surface area (Å²) in [6, 6.07) is 0. The Kier molecular flexibility index (Phi) is 136. The molecule has 6 heteroatoms. The van der Waals surface area contributed by atoms with Crippen molar-refractivity contribution in [2.75, 3.05) is 0 Å². The average molecular weight is 109 g/mol. The third-order valence-electron chi connectivity index (χ3n) is 0. The summed E-state index contributed by atoms with van der Waals surface area (Å²) < 4.78 is 0. The maximum Gasteiger partial charge on any atom is 1.00 e. The van der Waals surface area contributed by atoms with Gasteiger partial charge in [-0.25, -0.2) is 0 Å². The molecule has 0 heterocycles. The Morgan fingerprint density at radius 3 is 1.00 bits per heavy atom. The zero-order chi connectivity index (χ0) is 5.58. The van der Waals surface area contributed by atoms with E-state index in [1.54, 1.807) is 0 Å². The van der Waals surface area contributed by atoms with E-state index in [1.807, 2.05) is 0 Å². The Hall–Kier alpha value is 0.802. The Morgan fingerprint density at radius 2 is 1.00 bits per heavy atom. The van der Waals surface area contributed by atoms with Gasteiger partial charge in [0.25, 0.3) is 0 Å². The molecule has 0 amide bonds. The number of carbonyl (C=O) groups excluding carboxylic acids is 1. The van der Waals surface area contributed by atoms with Gasteiger partial charge in [-0.05, 0) is 6.16 Å². The molecule has 0 unspecified atom stereocenters. The molecule has 0 saturated heterocycles. The second-order valence-corrected chi connectivity index (χ2v) is 0.250. The van der Waals surface area contributed by atoms with Gasteiger partial charge in [-0.1, -0.05) is 0 Å². The summed E-state index contributed by atoms with van der Waals surface area (Å²) in [5.41, 5.74) is 0. The van der Waals surface area contributed by atoms with Gasteiger partial charge in [-0.15, -0.1) is 13.2 Å². The van der Waals surface area contributed by atoms with Crippen LogP contribution in [-0.2, 0) is 0 Å². The molecule has 3 nitrogen and oxygen atoms in total. The van der Waals surface area contributed by atoms with Crippen molar-refractivity contribution in [2.45, 2.75) is 0 Å². The van der Waals surface area contributed by atoms with Crippen molar-refractivity contribution < 1.29 is 71.6 Å². The van der Waals surface area contributed by atoms with E-state index in [2.05, 4.69) is 13.2 Å². The van der Waals surface area contributed by atoms with Gasteiger partial charge in [0.15, 0.2) is 0 Å². The average Bonchev–Trinajstić information content (AvgIpc) is 1.41. The van der Waals surface area contributed by atoms with Crippen molar-refractivity contribution in [1.82, 2.24) is 0 Å². The van der Waals surface area contributed by atoms with E-state index < -0.39 is 6.16 Å². The first kappa shape index (κ1) is 32.9. The Labute approximate surface area is 90.4 Å². The van der Waals surface area contributed by atoms with Crippen molar-refractivity contribution in [2.24, 2.45) is 0 Å². The Balaban J connectivity index is -0.00000000990. The zero-order valence-electron chi connectivity index (χ0n) is 6.14. The van der Waals surface area contributed by atoms with Gasteiger partial charge in [0.1, 0.15) is 0 Å². The number of carbonyl (C=O) groups is 1. The van der Waals surface area contributed by atoms with Crippen LogP contribution in [0, 0.1) is 0 Å². The molecule has 0 aromatic heterocycles. The standard InChI is InChI=1S/C2H4.CH2O3.3Li/c1-2;2-1(3)4;;;/h1-2H2;(H2,2,3,4);;;/q;;3*+1/p-2. The van der Waals surface area contributed by atoms with Gasteiger partial charge in [-0.2, -0.15) is 0 Å².